The summed E-state index contributed by atoms with van der Waals surface area (Å²) in [5, 5.41) is 54.9. The molecule has 1 rings (SSSR count). The summed E-state index contributed by atoms with van der Waals surface area (Å²) in [5.74, 6) is -0.178. The lowest BCUT2D eigenvalue weighted by Crippen LogP contribution is -2.60. The van der Waals surface area contributed by atoms with Crippen LogP contribution >= 0.6 is 0 Å². The number of aliphatic hydroxyl groups excluding tert-OH is 5. The van der Waals surface area contributed by atoms with Crippen LogP contribution in [0.15, 0.2) is 36.5 Å². The average molecular weight is 1260 g/mol. The molecule has 0 spiro atoms. The van der Waals surface area contributed by atoms with Crippen molar-refractivity contribution in [2.75, 3.05) is 13.2 Å². The summed E-state index contributed by atoms with van der Waals surface area (Å²) in [6, 6.07) is -0.822. The van der Waals surface area contributed by atoms with E-state index in [2.05, 4.69) is 43.5 Å². The average Bonchev–Trinajstić information content (AvgIpc) is 2.28. The number of hydrogen-bond acceptors (Lipinski definition) is 8. The number of aliphatic hydroxyl groups is 5. The lowest BCUT2D eigenvalue weighted by molar-refractivity contribution is -0.302. The van der Waals surface area contributed by atoms with Crippen LogP contribution in [0.1, 0.15) is 412 Å². The van der Waals surface area contributed by atoms with E-state index in [1.807, 2.05) is 6.08 Å². The molecule has 9 heteroatoms. The van der Waals surface area contributed by atoms with Crippen molar-refractivity contribution in [2.24, 2.45) is 0 Å². The van der Waals surface area contributed by atoms with Crippen LogP contribution in [0, 0.1) is 0 Å². The molecule has 526 valence electrons. The lowest BCUT2D eigenvalue weighted by atomic mass is 9.99. The van der Waals surface area contributed by atoms with Crippen molar-refractivity contribution in [2.45, 2.75) is 455 Å². The van der Waals surface area contributed by atoms with Crippen LogP contribution < -0.4 is 5.32 Å². The summed E-state index contributed by atoms with van der Waals surface area (Å²) in [6.07, 6.45) is 87.3. The highest BCUT2D eigenvalue weighted by Crippen LogP contribution is 2.24. The highest BCUT2D eigenvalue weighted by atomic mass is 16.7. The van der Waals surface area contributed by atoms with Crippen LogP contribution in [0.2, 0.25) is 0 Å². The lowest BCUT2D eigenvalue weighted by Gasteiger charge is -2.40. The van der Waals surface area contributed by atoms with Crippen LogP contribution in [0.5, 0.6) is 0 Å². The molecule has 1 fully saturated rings. The van der Waals surface area contributed by atoms with Crippen molar-refractivity contribution in [1.82, 2.24) is 5.32 Å². The molecule has 1 aliphatic heterocycles. The number of rotatable bonds is 71. The summed E-state index contributed by atoms with van der Waals surface area (Å²) < 4.78 is 11.3. The van der Waals surface area contributed by atoms with Gasteiger partial charge < -0.3 is 40.3 Å². The van der Waals surface area contributed by atoms with Crippen molar-refractivity contribution in [3.05, 3.63) is 36.5 Å². The highest BCUT2D eigenvalue weighted by Gasteiger charge is 2.44. The van der Waals surface area contributed by atoms with Gasteiger partial charge in [-0.3, -0.25) is 4.79 Å². The number of carbonyl (C=O) groups is 1. The standard InChI is InChI=1S/C80H153NO8/c1-3-5-7-9-11-13-15-17-19-21-23-25-27-29-31-33-35-37-39-41-43-45-47-49-51-53-55-57-59-61-63-65-67-69-74(83)73(72-88-80-79(87)78(86)77(85)75(71-82)89-80)81-76(84)70-68-66-64-62-60-58-56-54-52-50-48-46-44-42-40-38-36-34-32-30-28-26-24-22-20-18-16-14-12-10-8-6-4-2/h22,24,59,61,67,69,73-75,77-80,82-83,85-87H,3-21,23,25-58,60,62-66,68,70-72H2,1-2H3,(H,81,84)/b24-22-,61-59+,69-67+. The Morgan fingerprint density at radius 1 is 0.371 bits per heavy atom. The fourth-order valence-electron chi connectivity index (χ4n) is 13.0. The Balaban J connectivity index is 2.08. The van der Waals surface area contributed by atoms with Crippen molar-refractivity contribution < 1.29 is 39.8 Å². The number of allylic oxidation sites excluding steroid dienone is 5. The number of nitrogens with one attached hydrogen (secondary N) is 1. The van der Waals surface area contributed by atoms with E-state index in [9.17, 15) is 30.3 Å². The van der Waals surface area contributed by atoms with Gasteiger partial charge in [-0.05, 0) is 57.8 Å². The van der Waals surface area contributed by atoms with Gasteiger partial charge in [-0.25, -0.2) is 0 Å². The third-order valence-electron chi connectivity index (χ3n) is 19.2. The summed E-state index contributed by atoms with van der Waals surface area (Å²) in [5.41, 5.74) is 0. The van der Waals surface area contributed by atoms with Gasteiger partial charge in [0.15, 0.2) is 6.29 Å². The fraction of sp³-hybridized carbons (Fsp3) is 0.912. The van der Waals surface area contributed by atoms with E-state index in [0.717, 1.165) is 38.5 Å². The predicted molar refractivity (Wildman–Crippen MR) is 383 cm³/mol. The Morgan fingerprint density at radius 3 is 0.944 bits per heavy atom. The van der Waals surface area contributed by atoms with Gasteiger partial charge in [0.05, 0.1) is 25.4 Å². The summed E-state index contributed by atoms with van der Waals surface area (Å²) >= 11 is 0. The van der Waals surface area contributed by atoms with Gasteiger partial charge in [-0.2, -0.15) is 0 Å². The molecule has 6 N–H and O–H groups in total. The van der Waals surface area contributed by atoms with Gasteiger partial charge in [-0.1, -0.05) is 384 Å². The maximum absolute atomic E-state index is 13.2. The first-order valence-electron chi connectivity index (χ1n) is 39.7. The topological polar surface area (TPSA) is 149 Å². The van der Waals surface area contributed by atoms with Gasteiger partial charge >= 0.3 is 0 Å². The zero-order chi connectivity index (χ0) is 64.2. The summed E-state index contributed by atoms with van der Waals surface area (Å²) in [7, 11) is 0. The van der Waals surface area contributed by atoms with Crippen LogP contribution in [-0.2, 0) is 14.3 Å². The molecule has 7 unspecified atom stereocenters. The molecule has 0 saturated carbocycles. The minimum atomic E-state index is -1.57. The molecular formula is C80H153NO8. The third kappa shape index (κ3) is 57.6. The molecule has 0 aromatic rings. The second-order valence-corrected chi connectivity index (χ2v) is 27.9. The first-order chi connectivity index (χ1) is 43.8. The van der Waals surface area contributed by atoms with Gasteiger partial charge in [-0.15, -0.1) is 0 Å². The van der Waals surface area contributed by atoms with Gasteiger partial charge in [0.25, 0.3) is 0 Å². The first kappa shape index (κ1) is 85.4. The smallest absolute Gasteiger partial charge is 0.220 e. The second kappa shape index (κ2) is 69.2. The minimum absolute atomic E-state index is 0.178. The van der Waals surface area contributed by atoms with E-state index in [0.29, 0.717) is 6.42 Å². The molecule has 0 aromatic carbocycles. The summed E-state index contributed by atoms with van der Waals surface area (Å²) in [6.45, 7) is 3.83. The molecule has 1 heterocycles. The Bertz CT molecular complexity index is 1500. The molecule has 1 saturated heterocycles. The van der Waals surface area contributed by atoms with Crippen molar-refractivity contribution >= 4 is 5.91 Å². The zero-order valence-corrected chi connectivity index (χ0v) is 59.2. The maximum Gasteiger partial charge on any atom is 0.220 e. The van der Waals surface area contributed by atoms with Crippen molar-refractivity contribution in [1.29, 1.82) is 0 Å². The first-order valence-corrected chi connectivity index (χ1v) is 39.7. The molecule has 1 aliphatic rings. The number of hydrogen-bond donors (Lipinski definition) is 6. The summed E-state index contributed by atoms with van der Waals surface area (Å²) in [4.78, 5) is 13.2. The quantitative estimate of drug-likeness (QED) is 0.0261. The molecular weight excluding hydrogens is 1100 g/mol. The molecule has 0 aromatic heterocycles. The van der Waals surface area contributed by atoms with Gasteiger partial charge in [0, 0.05) is 6.42 Å². The van der Waals surface area contributed by atoms with Gasteiger partial charge in [0.1, 0.15) is 24.4 Å². The van der Waals surface area contributed by atoms with Crippen molar-refractivity contribution in [3.8, 4) is 0 Å². The molecule has 0 radical (unpaired) electrons. The zero-order valence-electron chi connectivity index (χ0n) is 59.2. The van der Waals surface area contributed by atoms with E-state index in [4.69, 9.17) is 9.47 Å². The van der Waals surface area contributed by atoms with Crippen LogP contribution in [-0.4, -0.2) is 87.5 Å². The fourth-order valence-corrected chi connectivity index (χ4v) is 13.0. The van der Waals surface area contributed by atoms with E-state index in [1.54, 1.807) is 6.08 Å². The predicted octanol–water partition coefficient (Wildman–Crippen LogP) is 22.5. The van der Waals surface area contributed by atoms with E-state index < -0.39 is 49.5 Å². The highest BCUT2D eigenvalue weighted by molar-refractivity contribution is 5.76. The van der Waals surface area contributed by atoms with Crippen LogP contribution in [0.3, 0.4) is 0 Å². The molecule has 0 bridgehead atoms. The van der Waals surface area contributed by atoms with Gasteiger partial charge in [0.2, 0.25) is 5.91 Å². The van der Waals surface area contributed by atoms with Crippen LogP contribution in [0.4, 0.5) is 0 Å². The SMILES string of the molecule is CCCCCCCCCC/C=C\CCCCCCCCCCCCCCCCCCCCCCCC(=O)NC(COC1OC(CO)C(O)C(O)C1O)C(O)/C=C/CC/C=C/CCCCCCCCCCCCCCCCCCCCCCCCCCCCC. The maximum atomic E-state index is 13.2. The van der Waals surface area contributed by atoms with E-state index in [-0.39, 0.29) is 12.5 Å². The molecule has 7 atom stereocenters. The van der Waals surface area contributed by atoms with E-state index >= 15 is 0 Å². The number of carbonyl (C=O) groups excluding carboxylic acids is 1. The van der Waals surface area contributed by atoms with Crippen LogP contribution in [0.25, 0.3) is 0 Å². The second-order valence-electron chi connectivity index (χ2n) is 27.9. The number of amides is 1. The molecule has 1 amide bonds. The number of unbranched alkanes of at least 4 members (excludes halogenated alkanes) is 57. The third-order valence-corrected chi connectivity index (χ3v) is 19.2. The molecule has 9 nitrogen and oxygen atoms in total. The monoisotopic (exact) mass is 1260 g/mol. The number of ether oxygens (including phenoxy) is 2. The normalized spacial score (nSPS) is 17.9. The minimum Gasteiger partial charge on any atom is -0.394 e. The Kier molecular flexibility index (Phi) is 66.5. The largest absolute Gasteiger partial charge is 0.394 e. The molecule has 0 aliphatic carbocycles. The van der Waals surface area contributed by atoms with Crippen molar-refractivity contribution in [3.63, 3.8) is 0 Å². The molecule has 89 heavy (non-hydrogen) atoms. The Labute approximate surface area is 552 Å². The van der Waals surface area contributed by atoms with E-state index in [1.165, 1.54) is 353 Å². The Morgan fingerprint density at radius 2 is 0.640 bits per heavy atom. The Hall–Kier alpha value is -1.59.